The zero-order valence-corrected chi connectivity index (χ0v) is 9.43. The van der Waals surface area contributed by atoms with Crippen LogP contribution in [0.4, 0.5) is 0 Å². The fourth-order valence-corrected chi connectivity index (χ4v) is 1.45. The molecule has 0 radical (unpaired) electrons. The van der Waals surface area contributed by atoms with Gasteiger partial charge in [0.25, 0.3) is 5.24 Å². The number of pyridine rings is 1. The number of halogens is 1. The van der Waals surface area contributed by atoms with Crippen molar-refractivity contribution in [3.05, 3.63) is 29.1 Å². The van der Waals surface area contributed by atoms with Gasteiger partial charge >= 0.3 is 0 Å². The van der Waals surface area contributed by atoms with Crippen molar-refractivity contribution in [1.29, 1.82) is 0 Å². The van der Waals surface area contributed by atoms with Crippen molar-refractivity contribution in [2.24, 2.45) is 5.92 Å². The van der Waals surface area contributed by atoms with E-state index in [0.717, 1.165) is 12.0 Å². The summed E-state index contributed by atoms with van der Waals surface area (Å²) in [7, 11) is 0. The van der Waals surface area contributed by atoms with Gasteiger partial charge < -0.3 is 0 Å². The van der Waals surface area contributed by atoms with E-state index in [1.165, 1.54) is 5.56 Å². The van der Waals surface area contributed by atoms with E-state index in [0.29, 0.717) is 11.6 Å². The molecule has 1 heterocycles. The normalized spacial score (nSPS) is 10.6. The fourth-order valence-electron chi connectivity index (χ4n) is 1.35. The predicted octanol–water partition coefficient (Wildman–Crippen LogP) is 2.97. The highest BCUT2D eigenvalue weighted by molar-refractivity contribution is 6.67. The van der Waals surface area contributed by atoms with Crippen LogP contribution in [0.5, 0.6) is 0 Å². The maximum absolute atomic E-state index is 10.8. The van der Waals surface area contributed by atoms with Crippen LogP contribution < -0.4 is 0 Å². The van der Waals surface area contributed by atoms with Crippen LogP contribution in [-0.4, -0.2) is 10.2 Å². The average Bonchev–Trinajstić information content (AvgIpc) is 2.07. The van der Waals surface area contributed by atoms with Gasteiger partial charge in [0.2, 0.25) is 0 Å². The van der Waals surface area contributed by atoms with Crippen molar-refractivity contribution in [2.45, 2.75) is 27.2 Å². The zero-order valence-electron chi connectivity index (χ0n) is 8.67. The highest BCUT2D eigenvalue weighted by Crippen LogP contribution is 2.14. The topological polar surface area (TPSA) is 30.0 Å². The molecular weight excluding hydrogens is 198 g/mol. The van der Waals surface area contributed by atoms with Gasteiger partial charge in [-0.3, -0.25) is 9.78 Å². The molecule has 0 unspecified atom stereocenters. The average molecular weight is 212 g/mol. The number of nitrogens with zero attached hydrogens (tertiary/aromatic N) is 1. The molecule has 76 valence electrons. The molecular formula is C11H14ClNO. The van der Waals surface area contributed by atoms with Crippen LogP contribution >= 0.6 is 11.6 Å². The number of rotatable bonds is 3. The SMILES string of the molecule is Cc1cc(C(=O)Cl)ncc1CC(C)C. The first kappa shape index (κ1) is 11.2. The Balaban J connectivity index is 2.95. The molecule has 0 aliphatic carbocycles. The molecule has 14 heavy (non-hydrogen) atoms. The lowest BCUT2D eigenvalue weighted by Crippen LogP contribution is -2.01. The fraction of sp³-hybridized carbons (Fsp3) is 0.455. The molecule has 0 saturated carbocycles. The number of aryl methyl sites for hydroxylation is 1. The molecule has 1 rings (SSSR count). The van der Waals surface area contributed by atoms with Crippen molar-refractivity contribution in [3.63, 3.8) is 0 Å². The molecule has 0 aliphatic rings. The molecule has 0 atom stereocenters. The third kappa shape index (κ3) is 2.81. The largest absolute Gasteiger partial charge is 0.274 e. The summed E-state index contributed by atoms with van der Waals surface area (Å²) in [5.41, 5.74) is 2.59. The van der Waals surface area contributed by atoms with E-state index in [1.54, 1.807) is 12.3 Å². The van der Waals surface area contributed by atoms with Crippen molar-refractivity contribution < 1.29 is 4.79 Å². The van der Waals surface area contributed by atoms with Crippen LogP contribution in [0, 0.1) is 12.8 Å². The third-order valence-electron chi connectivity index (χ3n) is 2.05. The minimum atomic E-state index is -0.496. The molecule has 0 bridgehead atoms. The molecule has 0 amide bonds. The van der Waals surface area contributed by atoms with E-state index in [1.807, 2.05) is 6.92 Å². The Morgan fingerprint density at radius 2 is 2.21 bits per heavy atom. The smallest absolute Gasteiger partial charge is 0.270 e. The highest BCUT2D eigenvalue weighted by Gasteiger charge is 2.07. The second kappa shape index (κ2) is 4.56. The van der Waals surface area contributed by atoms with Crippen molar-refractivity contribution in [2.75, 3.05) is 0 Å². The van der Waals surface area contributed by atoms with Crippen LogP contribution in [0.1, 0.15) is 35.5 Å². The molecule has 0 aromatic carbocycles. The third-order valence-corrected chi connectivity index (χ3v) is 2.24. The molecule has 0 spiro atoms. The Hall–Kier alpha value is -0.890. The summed E-state index contributed by atoms with van der Waals surface area (Å²) in [5, 5.41) is -0.496. The molecule has 0 fully saturated rings. The first-order valence-corrected chi connectivity index (χ1v) is 5.04. The summed E-state index contributed by atoms with van der Waals surface area (Å²) in [4.78, 5) is 14.8. The van der Waals surface area contributed by atoms with Gasteiger partial charge in [0.05, 0.1) is 0 Å². The van der Waals surface area contributed by atoms with Crippen molar-refractivity contribution in [3.8, 4) is 0 Å². The summed E-state index contributed by atoms with van der Waals surface area (Å²) in [6, 6.07) is 1.74. The second-order valence-corrected chi connectivity index (χ2v) is 4.21. The van der Waals surface area contributed by atoms with Gasteiger partial charge in [0, 0.05) is 6.20 Å². The van der Waals surface area contributed by atoms with Crippen LogP contribution in [0.2, 0.25) is 0 Å². The predicted molar refractivity (Wildman–Crippen MR) is 57.7 cm³/mol. The highest BCUT2D eigenvalue weighted by atomic mass is 35.5. The Bertz CT molecular complexity index is 347. The lowest BCUT2D eigenvalue weighted by Gasteiger charge is -2.08. The summed E-state index contributed by atoms with van der Waals surface area (Å²) >= 11 is 5.33. The van der Waals surface area contributed by atoms with Crippen LogP contribution in [0.3, 0.4) is 0 Å². The lowest BCUT2D eigenvalue weighted by atomic mass is 10.0. The molecule has 1 aromatic rings. The molecule has 3 heteroatoms. The molecule has 0 saturated heterocycles. The van der Waals surface area contributed by atoms with E-state index < -0.39 is 5.24 Å². The first-order valence-electron chi connectivity index (χ1n) is 4.66. The van der Waals surface area contributed by atoms with Gasteiger partial charge in [-0.2, -0.15) is 0 Å². The quantitative estimate of drug-likeness (QED) is 0.720. The number of carbonyl (C=O) groups is 1. The van der Waals surface area contributed by atoms with Gasteiger partial charge in [-0.15, -0.1) is 0 Å². The lowest BCUT2D eigenvalue weighted by molar-refractivity contribution is 0.107. The summed E-state index contributed by atoms with van der Waals surface area (Å²) in [6.07, 6.45) is 2.72. The van der Waals surface area contributed by atoms with Crippen LogP contribution in [0.15, 0.2) is 12.3 Å². The van der Waals surface area contributed by atoms with E-state index in [4.69, 9.17) is 11.6 Å². The minimum absolute atomic E-state index is 0.330. The second-order valence-electron chi connectivity index (χ2n) is 3.87. The summed E-state index contributed by atoms with van der Waals surface area (Å²) in [6.45, 7) is 6.28. The van der Waals surface area contributed by atoms with Gasteiger partial charge in [-0.1, -0.05) is 13.8 Å². The zero-order chi connectivity index (χ0) is 10.7. The van der Waals surface area contributed by atoms with E-state index in [9.17, 15) is 4.79 Å². The first-order chi connectivity index (χ1) is 6.50. The summed E-state index contributed by atoms with van der Waals surface area (Å²) in [5.74, 6) is 0.591. The number of hydrogen-bond donors (Lipinski definition) is 0. The molecule has 0 aliphatic heterocycles. The molecule has 2 nitrogen and oxygen atoms in total. The van der Waals surface area contributed by atoms with Crippen LogP contribution in [0.25, 0.3) is 0 Å². The monoisotopic (exact) mass is 211 g/mol. The van der Waals surface area contributed by atoms with E-state index in [2.05, 4.69) is 18.8 Å². The maximum atomic E-state index is 10.8. The van der Waals surface area contributed by atoms with Gasteiger partial charge in [-0.05, 0) is 48.1 Å². The Labute approximate surface area is 89.3 Å². The summed E-state index contributed by atoms with van der Waals surface area (Å²) < 4.78 is 0. The number of aromatic nitrogens is 1. The van der Waals surface area contributed by atoms with E-state index in [-0.39, 0.29) is 0 Å². The Kier molecular flexibility index (Phi) is 3.64. The molecule has 1 aromatic heterocycles. The van der Waals surface area contributed by atoms with Crippen LogP contribution in [-0.2, 0) is 6.42 Å². The van der Waals surface area contributed by atoms with E-state index >= 15 is 0 Å². The van der Waals surface area contributed by atoms with Crippen molar-refractivity contribution in [1.82, 2.24) is 4.98 Å². The van der Waals surface area contributed by atoms with Gasteiger partial charge in [-0.25, -0.2) is 0 Å². The Morgan fingerprint density at radius 3 is 2.64 bits per heavy atom. The molecule has 0 N–H and O–H groups in total. The number of carbonyl (C=O) groups excluding carboxylic acids is 1. The van der Waals surface area contributed by atoms with Gasteiger partial charge in [0.1, 0.15) is 5.69 Å². The number of hydrogen-bond acceptors (Lipinski definition) is 2. The van der Waals surface area contributed by atoms with Gasteiger partial charge in [0.15, 0.2) is 0 Å². The minimum Gasteiger partial charge on any atom is -0.274 e. The van der Waals surface area contributed by atoms with Crippen molar-refractivity contribution >= 4 is 16.8 Å². The maximum Gasteiger partial charge on any atom is 0.270 e. The Morgan fingerprint density at radius 1 is 1.57 bits per heavy atom. The standard InChI is InChI=1S/C11H14ClNO/c1-7(2)4-9-6-13-10(11(12)14)5-8(9)3/h5-7H,4H2,1-3H3.